The number of hydrogen-bond donors (Lipinski definition) is 0. The van der Waals surface area contributed by atoms with E-state index in [9.17, 15) is 4.39 Å². The Morgan fingerprint density at radius 3 is 2.25 bits per heavy atom. The zero-order chi connectivity index (χ0) is 17.5. The van der Waals surface area contributed by atoms with Crippen molar-refractivity contribution >= 4 is 11.6 Å². The van der Waals surface area contributed by atoms with Gasteiger partial charge in [-0.3, -0.25) is 0 Å². The van der Waals surface area contributed by atoms with E-state index in [1.807, 2.05) is 13.0 Å². The van der Waals surface area contributed by atoms with Gasteiger partial charge in [-0.2, -0.15) is 0 Å². The number of fused-ring (bicyclic) bond motifs is 1. The molecule has 0 aliphatic heterocycles. The Labute approximate surface area is 145 Å². The maximum absolute atomic E-state index is 13.5. The van der Waals surface area contributed by atoms with Crippen LogP contribution in [-0.2, 0) is 10.8 Å². The third-order valence-corrected chi connectivity index (χ3v) is 5.54. The molecule has 0 saturated carbocycles. The van der Waals surface area contributed by atoms with Gasteiger partial charge in [-0.1, -0.05) is 64.1 Å². The van der Waals surface area contributed by atoms with Gasteiger partial charge in [0.25, 0.3) is 0 Å². The largest absolute Gasteiger partial charge is 0.207 e. The van der Waals surface area contributed by atoms with Gasteiger partial charge in [0.2, 0.25) is 0 Å². The molecule has 1 aliphatic rings. The zero-order valence-corrected chi connectivity index (χ0v) is 15.4. The molecule has 0 spiro atoms. The molecule has 2 aromatic rings. The van der Waals surface area contributed by atoms with E-state index in [2.05, 4.69) is 52.0 Å². The Balaban J connectivity index is 2.04. The van der Waals surface area contributed by atoms with Crippen molar-refractivity contribution in [3.8, 4) is 0 Å². The van der Waals surface area contributed by atoms with Crippen molar-refractivity contribution in [2.24, 2.45) is 0 Å². The molecule has 0 amide bonds. The Kier molecular flexibility index (Phi) is 4.15. The van der Waals surface area contributed by atoms with Crippen molar-refractivity contribution in [3.63, 3.8) is 0 Å². The fourth-order valence-electron chi connectivity index (χ4n) is 3.76. The molecule has 1 heteroatoms. The van der Waals surface area contributed by atoms with Crippen LogP contribution in [0.3, 0.4) is 0 Å². The normalized spacial score (nSPS) is 19.0. The van der Waals surface area contributed by atoms with Crippen molar-refractivity contribution in [1.29, 1.82) is 0 Å². The van der Waals surface area contributed by atoms with Gasteiger partial charge in [-0.05, 0) is 70.6 Å². The van der Waals surface area contributed by atoms with Gasteiger partial charge in [-0.25, -0.2) is 4.39 Å². The Morgan fingerprint density at radius 1 is 0.917 bits per heavy atom. The van der Waals surface area contributed by atoms with Crippen LogP contribution in [0.15, 0.2) is 42.5 Å². The highest BCUT2D eigenvalue weighted by Crippen LogP contribution is 2.46. The van der Waals surface area contributed by atoms with Crippen molar-refractivity contribution in [2.75, 3.05) is 0 Å². The van der Waals surface area contributed by atoms with Crippen molar-refractivity contribution < 1.29 is 4.39 Å². The Morgan fingerprint density at radius 2 is 1.58 bits per heavy atom. The maximum Gasteiger partial charge on any atom is 0.123 e. The first-order valence-electron chi connectivity index (χ1n) is 8.78. The summed E-state index contributed by atoms with van der Waals surface area (Å²) in [4.78, 5) is 0. The average molecular weight is 322 g/mol. The summed E-state index contributed by atoms with van der Waals surface area (Å²) in [5, 5.41) is 0. The van der Waals surface area contributed by atoms with Gasteiger partial charge in [-0.15, -0.1) is 0 Å². The van der Waals surface area contributed by atoms with Gasteiger partial charge in [0, 0.05) is 0 Å². The summed E-state index contributed by atoms with van der Waals surface area (Å²) < 4.78 is 13.5. The van der Waals surface area contributed by atoms with Gasteiger partial charge in [0.1, 0.15) is 5.82 Å². The molecule has 0 radical (unpaired) electrons. The lowest BCUT2D eigenvalue weighted by Crippen LogP contribution is -2.33. The zero-order valence-electron chi connectivity index (χ0n) is 15.4. The molecule has 0 bridgehead atoms. The van der Waals surface area contributed by atoms with Crippen molar-refractivity contribution in [3.05, 3.63) is 70.5 Å². The summed E-state index contributed by atoms with van der Waals surface area (Å²) in [6.45, 7) is 11.4. The Bertz CT molecular complexity index is 793. The van der Waals surface area contributed by atoms with E-state index in [0.29, 0.717) is 0 Å². The van der Waals surface area contributed by atoms with Crippen LogP contribution in [0.1, 0.15) is 69.7 Å². The lowest BCUT2D eigenvalue weighted by molar-refractivity contribution is 0.332. The predicted octanol–water partition coefficient (Wildman–Crippen LogP) is 6.74. The minimum Gasteiger partial charge on any atom is -0.207 e. The first-order valence-corrected chi connectivity index (χ1v) is 8.78. The second-order valence-corrected chi connectivity index (χ2v) is 8.41. The minimum atomic E-state index is -0.187. The van der Waals surface area contributed by atoms with Crippen LogP contribution >= 0.6 is 0 Å². The Hall–Kier alpha value is -1.89. The van der Waals surface area contributed by atoms with Crippen LogP contribution in [0, 0.1) is 5.82 Å². The van der Waals surface area contributed by atoms with E-state index in [1.165, 1.54) is 35.6 Å². The topological polar surface area (TPSA) is 0 Å². The number of allylic oxidation sites excluding steroid dienone is 1. The summed E-state index contributed by atoms with van der Waals surface area (Å²) in [5.74, 6) is -0.187. The molecule has 0 aromatic heterocycles. The third-order valence-electron chi connectivity index (χ3n) is 5.54. The fraction of sp³-hybridized carbons (Fsp3) is 0.391. The van der Waals surface area contributed by atoms with E-state index < -0.39 is 0 Å². The average Bonchev–Trinajstić information content (AvgIpc) is 2.52. The molecule has 2 aromatic carbocycles. The van der Waals surface area contributed by atoms with Gasteiger partial charge in [0.05, 0.1) is 0 Å². The second kappa shape index (κ2) is 5.88. The highest BCUT2D eigenvalue weighted by atomic mass is 19.1. The quantitative estimate of drug-likeness (QED) is 0.537. The third kappa shape index (κ3) is 3.17. The van der Waals surface area contributed by atoms with Crippen LogP contribution in [0.4, 0.5) is 4.39 Å². The molecule has 0 saturated heterocycles. The molecule has 0 atom stereocenters. The molecule has 0 unspecified atom stereocenters. The summed E-state index contributed by atoms with van der Waals surface area (Å²) in [6, 6.07) is 13.6. The van der Waals surface area contributed by atoms with Gasteiger partial charge < -0.3 is 0 Å². The number of benzene rings is 2. The van der Waals surface area contributed by atoms with E-state index in [0.717, 1.165) is 11.1 Å². The van der Waals surface area contributed by atoms with E-state index in [4.69, 9.17) is 0 Å². The van der Waals surface area contributed by atoms with Gasteiger partial charge in [0.15, 0.2) is 0 Å². The van der Waals surface area contributed by atoms with Crippen LogP contribution in [0.25, 0.3) is 11.6 Å². The molecule has 0 N–H and O–H groups in total. The molecule has 3 rings (SSSR count). The smallest absolute Gasteiger partial charge is 0.123 e. The number of rotatable bonds is 2. The molecule has 0 nitrogen and oxygen atoms in total. The highest BCUT2D eigenvalue weighted by Gasteiger charge is 2.36. The molecule has 24 heavy (non-hydrogen) atoms. The highest BCUT2D eigenvalue weighted by molar-refractivity contribution is 5.80. The molecular formula is C23H27F. The predicted molar refractivity (Wildman–Crippen MR) is 102 cm³/mol. The van der Waals surface area contributed by atoms with Crippen LogP contribution in [-0.4, -0.2) is 0 Å². The standard InChI is InChI=1S/C23H27F/c1-16(18-7-6-8-19(24)15-18)13-17-9-10-20-21(14-17)23(4,5)12-11-22(20,2)3/h6-10,13-15H,11-12H2,1-5H3. The minimum absolute atomic E-state index is 0.187. The fourth-order valence-corrected chi connectivity index (χ4v) is 3.76. The summed E-state index contributed by atoms with van der Waals surface area (Å²) in [7, 11) is 0. The number of halogens is 1. The van der Waals surface area contributed by atoms with Crippen LogP contribution < -0.4 is 0 Å². The first kappa shape index (κ1) is 17.0. The van der Waals surface area contributed by atoms with Crippen LogP contribution in [0.5, 0.6) is 0 Å². The van der Waals surface area contributed by atoms with Crippen molar-refractivity contribution in [1.82, 2.24) is 0 Å². The summed E-state index contributed by atoms with van der Waals surface area (Å²) in [5.41, 5.74) is 6.60. The summed E-state index contributed by atoms with van der Waals surface area (Å²) >= 11 is 0. The first-order chi connectivity index (χ1) is 11.2. The second-order valence-electron chi connectivity index (χ2n) is 8.41. The molecule has 0 fully saturated rings. The van der Waals surface area contributed by atoms with E-state index in [-0.39, 0.29) is 16.6 Å². The lowest BCUT2D eigenvalue weighted by Gasteiger charge is -2.42. The van der Waals surface area contributed by atoms with Crippen LogP contribution in [0.2, 0.25) is 0 Å². The molecular weight excluding hydrogens is 295 g/mol. The molecule has 0 heterocycles. The molecule has 1 aliphatic carbocycles. The maximum atomic E-state index is 13.5. The lowest BCUT2D eigenvalue weighted by atomic mass is 9.63. The number of hydrogen-bond acceptors (Lipinski definition) is 0. The van der Waals surface area contributed by atoms with Gasteiger partial charge >= 0.3 is 0 Å². The van der Waals surface area contributed by atoms with E-state index >= 15 is 0 Å². The van der Waals surface area contributed by atoms with E-state index in [1.54, 1.807) is 12.1 Å². The monoisotopic (exact) mass is 322 g/mol. The molecule has 126 valence electrons. The SMILES string of the molecule is CC(=Cc1ccc2c(c1)C(C)(C)CCC2(C)C)c1cccc(F)c1. The van der Waals surface area contributed by atoms with Crippen molar-refractivity contribution in [2.45, 2.75) is 58.3 Å². The summed E-state index contributed by atoms with van der Waals surface area (Å²) in [6.07, 6.45) is 4.60.